The van der Waals surface area contributed by atoms with Gasteiger partial charge >= 0.3 is 6.03 Å². The summed E-state index contributed by atoms with van der Waals surface area (Å²) < 4.78 is 2.04. The number of aryl methyl sites for hydroxylation is 1. The first kappa shape index (κ1) is 17.5. The van der Waals surface area contributed by atoms with Crippen molar-refractivity contribution >= 4 is 28.9 Å². The number of nitrogens with one attached hydrogen (secondary N) is 2. The van der Waals surface area contributed by atoms with Crippen LogP contribution in [0, 0.1) is 12.8 Å². The van der Waals surface area contributed by atoms with E-state index in [0.29, 0.717) is 13.1 Å². The minimum atomic E-state index is -0.857. The Hall–Kier alpha value is -2.90. The number of fused-ring (bicyclic) bond motifs is 1. The predicted molar refractivity (Wildman–Crippen MR) is 98.9 cm³/mol. The van der Waals surface area contributed by atoms with Crippen LogP contribution in [0.2, 0.25) is 0 Å². The molecule has 2 aromatic rings. The number of amides is 4. The number of hydrogen-bond acceptors (Lipinski definition) is 4. The third-order valence-electron chi connectivity index (χ3n) is 5.50. The molecule has 0 radical (unpaired) electrons. The van der Waals surface area contributed by atoms with Crippen molar-refractivity contribution in [2.24, 2.45) is 5.92 Å². The van der Waals surface area contributed by atoms with Crippen molar-refractivity contribution in [3.8, 4) is 0 Å². The van der Waals surface area contributed by atoms with E-state index in [4.69, 9.17) is 0 Å². The van der Waals surface area contributed by atoms with Gasteiger partial charge in [0.1, 0.15) is 17.9 Å². The van der Waals surface area contributed by atoms with E-state index in [0.717, 1.165) is 34.6 Å². The maximum atomic E-state index is 12.6. The number of hydrogen-bond donors (Lipinski definition) is 2. The lowest BCUT2D eigenvalue weighted by molar-refractivity contribution is -0.135. The number of nitrogens with zero attached hydrogens (tertiary/aromatic N) is 3. The second-order valence-corrected chi connectivity index (χ2v) is 7.45. The Kier molecular flexibility index (Phi) is 4.13. The van der Waals surface area contributed by atoms with Crippen LogP contribution in [0.4, 0.5) is 4.79 Å². The van der Waals surface area contributed by atoms with Gasteiger partial charge in [0.15, 0.2) is 0 Å². The Morgan fingerprint density at radius 2 is 2.07 bits per heavy atom. The lowest BCUT2D eigenvalue weighted by atomic mass is 9.96. The van der Waals surface area contributed by atoms with E-state index in [1.807, 2.05) is 35.8 Å². The number of imide groups is 1. The topological polar surface area (TPSA) is 96.3 Å². The number of benzene rings is 1. The fraction of sp³-hybridized carbons (Fsp3) is 0.474. The Bertz CT molecular complexity index is 933. The average Bonchev–Trinajstić information content (AvgIpc) is 3.41. The second-order valence-electron chi connectivity index (χ2n) is 7.45. The fourth-order valence-electron chi connectivity index (χ4n) is 3.78. The maximum absolute atomic E-state index is 12.6. The standard InChI is InChI=1S/C19H23N5O3/c1-12-21-14-5-3-4-6-15(14)23(12)10-9-20-16(25)11-24-17(26)19(2,13-7-8-13)22-18(24)27/h3-6,13H,7-11H2,1-2H3,(H,20,25)(H,22,27)/t19-/m0/s1. The molecule has 1 aromatic heterocycles. The number of rotatable bonds is 6. The van der Waals surface area contributed by atoms with E-state index < -0.39 is 11.6 Å². The molecule has 4 rings (SSSR count). The molecule has 1 aliphatic heterocycles. The van der Waals surface area contributed by atoms with Gasteiger partial charge in [-0.05, 0) is 44.7 Å². The van der Waals surface area contributed by atoms with Crippen LogP contribution in [-0.2, 0) is 16.1 Å². The first-order chi connectivity index (χ1) is 12.9. The van der Waals surface area contributed by atoms with Gasteiger partial charge in [0.2, 0.25) is 5.91 Å². The zero-order valence-corrected chi connectivity index (χ0v) is 15.5. The van der Waals surface area contributed by atoms with Gasteiger partial charge in [-0.1, -0.05) is 12.1 Å². The maximum Gasteiger partial charge on any atom is 0.325 e. The van der Waals surface area contributed by atoms with Gasteiger partial charge in [-0.15, -0.1) is 0 Å². The lowest BCUT2D eigenvalue weighted by Crippen LogP contribution is -2.47. The van der Waals surface area contributed by atoms with Gasteiger partial charge in [-0.2, -0.15) is 0 Å². The molecule has 2 heterocycles. The van der Waals surface area contributed by atoms with Crippen LogP contribution >= 0.6 is 0 Å². The molecule has 4 amide bonds. The molecule has 1 atom stereocenters. The third-order valence-corrected chi connectivity index (χ3v) is 5.50. The van der Waals surface area contributed by atoms with E-state index in [1.54, 1.807) is 6.92 Å². The summed E-state index contributed by atoms with van der Waals surface area (Å²) in [5.41, 5.74) is 1.07. The molecule has 1 saturated carbocycles. The highest BCUT2D eigenvalue weighted by atomic mass is 16.2. The highest BCUT2D eigenvalue weighted by molar-refractivity contribution is 6.09. The van der Waals surface area contributed by atoms with Gasteiger partial charge < -0.3 is 15.2 Å². The minimum Gasteiger partial charge on any atom is -0.353 e. The fourth-order valence-corrected chi connectivity index (χ4v) is 3.78. The summed E-state index contributed by atoms with van der Waals surface area (Å²) in [6.45, 7) is 4.38. The van der Waals surface area contributed by atoms with Crippen molar-refractivity contribution < 1.29 is 14.4 Å². The molecule has 8 heteroatoms. The summed E-state index contributed by atoms with van der Waals surface area (Å²) in [7, 11) is 0. The monoisotopic (exact) mass is 369 g/mol. The van der Waals surface area contributed by atoms with Crippen LogP contribution in [0.3, 0.4) is 0 Å². The van der Waals surface area contributed by atoms with Crippen LogP contribution in [0.15, 0.2) is 24.3 Å². The minimum absolute atomic E-state index is 0.180. The van der Waals surface area contributed by atoms with Crippen LogP contribution in [0.5, 0.6) is 0 Å². The Balaban J connectivity index is 1.34. The van der Waals surface area contributed by atoms with Crippen molar-refractivity contribution in [2.75, 3.05) is 13.1 Å². The van der Waals surface area contributed by atoms with Gasteiger partial charge in [-0.3, -0.25) is 14.5 Å². The first-order valence-electron chi connectivity index (χ1n) is 9.23. The summed E-state index contributed by atoms with van der Waals surface area (Å²) >= 11 is 0. The second kappa shape index (κ2) is 6.37. The molecule has 1 aliphatic carbocycles. The molecular weight excluding hydrogens is 346 g/mol. The van der Waals surface area contributed by atoms with Gasteiger partial charge in [0.25, 0.3) is 5.91 Å². The third kappa shape index (κ3) is 3.05. The highest BCUT2D eigenvalue weighted by Crippen LogP contribution is 2.42. The molecule has 1 saturated heterocycles. The Labute approximate surface area is 156 Å². The van der Waals surface area contributed by atoms with Crippen LogP contribution < -0.4 is 10.6 Å². The molecule has 2 fully saturated rings. The van der Waals surface area contributed by atoms with Crippen molar-refractivity contribution in [3.05, 3.63) is 30.1 Å². The molecule has 0 unspecified atom stereocenters. The van der Waals surface area contributed by atoms with E-state index >= 15 is 0 Å². The van der Waals surface area contributed by atoms with Crippen LogP contribution in [0.25, 0.3) is 11.0 Å². The zero-order valence-electron chi connectivity index (χ0n) is 15.5. The van der Waals surface area contributed by atoms with Crippen molar-refractivity contribution in [2.45, 2.75) is 38.8 Å². The SMILES string of the molecule is Cc1nc2ccccc2n1CCNC(=O)CN1C(=O)N[C@@](C)(C2CC2)C1=O. The van der Waals surface area contributed by atoms with Crippen molar-refractivity contribution in [1.82, 2.24) is 25.1 Å². The summed E-state index contributed by atoms with van der Waals surface area (Å²) in [4.78, 5) is 42.4. The number of carbonyl (C=O) groups is 3. The van der Waals surface area contributed by atoms with E-state index in [9.17, 15) is 14.4 Å². The smallest absolute Gasteiger partial charge is 0.325 e. The van der Waals surface area contributed by atoms with Crippen LogP contribution in [-0.4, -0.2) is 50.9 Å². The van der Waals surface area contributed by atoms with E-state index in [1.165, 1.54) is 0 Å². The predicted octanol–water partition coefficient (Wildman–Crippen LogP) is 1.18. The average molecular weight is 369 g/mol. The quantitative estimate of drug-likeness (QED) is 0.748. The van der Waals surface area contributed by atoms with Crippen molar-refractivity contribution in [1.29, 1.82) is 0 Å². The summed E-state index contributed by atoms with van der Waals surface area (Å²) in [5.74, 6) is 0.404. The van der Waals surface area contributed by atoms with Gasteiger partial charge in [0.05, 0.1) is 11.0 Å². The van der Waals surface area contributed by atoms with Crippen LogP contribution in [0.1, 0.15) is 25.6 Å². The normalized spacial score (nSPS) is 22.4. The molecule has 0 spiro atoms. The van der Waals surface area contributed by atoms with E-state index in [-0.39, 0.29) is 24.3 Å². The number of urea groups is 1. The molecular formula is C19H23N5O3. The molecule has 2 N–H and O–H groups in total. The van der Waals surface area contributed by atoms with Crippen molar-refractivity contribution in [3.63, 3.8) is 0 Å². The number of imidazole rings is 1. The molecule has 27 heavy (non-hydrogen) atoms. The molecule has 2 aliphatic rings. The summed E-state index contributed by atoms with van der Waals surface area (Å²) in [6, 6.07) is 7.34. The molecule has 8 nitrogen and oxygen atoms in total. The Morgan fingerprint density at radius 3 is 2.81 bits per heavy atom. The zero-order chi connectivity index (χ0) is 19.2. The first-order valence-corrected chi connectivity index (χ1v) is 9.23. The number of carbonyl (C=O) groups excluding carboxylic acids is 3. The number of aromatic nitrogens is 2. The largest absolute Gasteiger partial charge is 0.353 e. The number of para-hydroxylation sites is 2. The molecule has 0 bridgehead atoms. The van der Waals surface area contributed by atoms with Gasteiger partial charge in [0, 0.05) is 13.1 Å². The summed E-state index contributed by atoms with van der Waals surface area (Å²) in [6.07, 6.45) is 1.86. The molecule has 1 aromatic carbocycles. The van der Waals surface area contributed by atoms with E-state index in [2.05, 4.69) is 15.6 Å². The summed E-state index contributed by atoms with van der Waals surface area (Å²) in [5, 5.41) is 5.54. The molecule has 142 valence electrons. The lowest BCUT2D eigenvalue weighted by Gasteiger charge is -2.20. The Morgan fingerprint density at radius 1 is 1.33 bits per heavy atom. The van der Waals surface area contributed by atoms with Gasteiger partial charge in [-0.25, -0.2) is 9.78 Å². The highest BCUT2D eigenvalue weighted by Gasteiger charge is 2.56.